The van der Waals surface area contributed by atoms with Crippen molar-refractivity contribution in [1.82, 2.24) is 5.32 Å². The van der Waals surface area contributed by atoms with E-state index >= 15 is 0 Å². The zero-order chi connectivity index (χ0) is 16.9. The summed E-state index contributed by atoms with van der Waals surface area (Å²) < 4.78 is 10.3. The van der Waals surface area contributed by atoms with Crippen LogP contribution in [0.25, 0.3) is 0 Å². The molecule has 0 aliphatic heterocycles. The molecule has 0 aliphatic carbocycles. The summed E-state index contributed by atoms with van der Waals surface area (Å²) in [6.07, 6.45) is -0.607. The molecule has 122 valence electrons. The third-order valence-electron chi connectivity index (χ3n) is 2.90. The molecule has 22 heavy (non-hydrogen) atoms. The average molecular weight is 309 g/mol. The quantitative estimate of drug-likeness (QED) is 0.873. The summed E-state index contributed by atoms with van der Waals surface area (Å²) in [7, 11) is 1.56. The fourth-order valence-corrected chi connectivity index (χ4v) is 1.88. The molecule has 0 bridgehead atoms. The van der Waals surface area contributed by atoms with Crippen molar-refractivity contribution >= 4 is 12.1 Å². The number of alkyl carbamates (subject to hydrolysis) is 1. The standard InChI is InChI=1S/C16H23NO5/c1-10-6-7-11(9-13(10)21-5)8-12(14(18)19)17-15(20)22-16(2,3)4/h6-7,9,12H,8H2,1-5H3,(H,17,20)(H,18,19)/t12-/m1/s1. The Balaban J connectivity index is 2.81. The van der Waals surface area contributed by atoms with Crippen LogP contribution >= 0.6 is 0 Å². The van der Waals surface area contributed by atoms with E-state index in [1.807, 2.05) is 19.1 Å². The Hall–Kier alpha value is -2.24. The van der Waals surface area contributed by atoms with Crippen molar-refractivity contribution in [3.8, 4) is 5.75 Å². The molecule has 6 heteroatoms. The number of ether oxygens (including phenoxy) is 2. The van der Waals surface area contributed by atoms with Gasteiger partial charge < -0.3 is 19.9 Å². The Morgan fingerprint density at radius 3 is 2.45 bits per heavy atom. The maximum absolute atomic E-state index is 11.7. The van der Waals surface area contributed by atoms with Crippen LogP contribution in [-0.2, 0) is 16.0 Å². The summed E-state index contributed by atoms with van der Waals surface area (Å²) in [6, 6.07) is 4.36. The first-order valence-electron chi connectivity index (χ1n) is 6.98. The summed E-state index contributed by atoms with van der Waals surface area (Å²) in [5, 5.41) is 11.6. The van der Waals surface area contributed by atoms with Gasteiger partial charge in [0.05, 0.1) is 7.11 Å². The summed E-state index contributed by atoms with van der Waals surface area (Å²) in [4.78, 5) is 23.0. The third-order valence-corrected chi connectivity index (χ3v) is 2.90. The van der Waals surface area contributed by atoms with Crippen LogP contribution in [0.3, 0.4) is 0 Å². The number of aryl methyl sites for hydroxylation is 1. The van der Waals surface area contributed by atoms with Crippen LogP contribution < -0.4 is 10.1 Å². The fraction of sp³-hybridized carbons (Fsp3) is 0.500. The third kappa shape index (κ3) is 5.63. The second kappa shape index (κ2) is 7.15. The molecule has 0 aromatic heterocycles. The van der Waals surface area contributed by atoms with Crippen LogP contribution in [-0.4, -0.2) is 35.9 Å². The Labute approximate surface area is 130 Å². The zero-order valence-electron chi connectivity index (χ0n) is 13.6. The van der Waals surface area contributed by atoms with E-state index in [2.05, 4.69) is 5.32 Å². The predicted molar refractivity (Wildman–Crippen MR) is 82.2 cm³/mol. The fourth-order valence-electron chi connectivity index (χ4n) is 1.88. The number of rotatable bonds is 5. The highest BCUT2D eigenvalue weighted by Gasteiger charge is 2.24. The monoisotopic (exact) mass is 309 g/mol. The highest BCUT2D eigenvalue weighted by molar-refractivity contribution is 5.80. The number of carbonyl (C=O) groups excluding carboxylic acids is 1. The topological polar surface area (TPSA) is 84.9 Å². The first-order valence-corrected chi connectivity index (χ1v) is 6.98. The van der Waals surface area contributed by atoms with Gasteiger partial charge in [-0.15, -0.1) is 0 Å². The number of carboxylic acid groups (broad SMARTS) is 1. The molecule has 1 atom stereocenters. The first kappa shape index (κ1) is 17.8. The van der Waals surface area contributed by atoms with Gasteiger partial charge in [0.1, 0.15) is 17.4 Å². The molecule has 0 fully saturated rings. The molecule has 1 amide bonds. The van der Waals surface area contributed by atoms with Gasteiger partial charge in [0.25, 0.3) is 0 Å². The minimum Gasteiger partial charge on any atom is -0.496 e. The molecule has 0 saturated heterocycles. The highest BCUT2D eigenvalue weighted by Crippen LogP contribution is 2.20. The van der Waals surface area contributed by atoms with Crippen molar-refractivity contribution in [3.63, 3.8) is 0 Å². The minimum atomic E-state index is -1.12. The van der Waals surface area contributed by atoms with E-state index in [1.54, 1.807) is 33.9 Å². The molecule has 0 saturated carbocycles. The van der Waals surface area contributed by atoms with Crippen LogP contribution in [0.2, 0.25) is 0 Å². The lowest BCUT2D eigenvalue weighted by Crippen LogP contribution is -2.44. The van der Waals surface area contributed by atoms with Crippen LogP contribution in [0, 0.1) is 6.92 Å². The van der Waals surface area contributed by atoms with E-state index < -0.39 is 23.7 Å². The molecule has 6 nitrogen and oxygen atoms in total. The summed E-state index contributed by atoms with van der Waals surface area (Å²) in [5.74, 6) is -0.440. The minimum absolute atomic E-state index is 0.144. The number of hydrogen-bond donors (Lipinski definition) is 2. The second-order valence-corrected chi connectivity index (χ2v) is 6.05. The van der Waals surface area contributed by atoms with Crippen LogP contribution in [0.1, 0.15) is 31.9 Å². The molecular formula is C16H23NO5. The van der Waals surface area contributed by atoms with E-state index in [4.69, 9.17) is 9.47 Å². The lowest BCUT2D eigenvalue weighted by Gasteiger charge is -2.22. The van der Waals surface area contributed by atoms with Gasteiger partial charge in [-0.2, -0.15) is 0 Å². The Morgan fingerprint density at radius 2 is 1.95 bits per heavy atom. The maximum atomic E-state index is 11.7. The number of carboxylic acids is 1. The van der Waals surface area contributed by atoms with Gasteiger partial charge in [0.15, 0.2) is 0 Å². The molecule has 0 spiro atoms. The lowest BCUT2D eigenvalue weighted by molar-refractivity contribution is -0.139. The Kier molecular flexibility index (Phi) is 5.79. The van der Waals surface area contributed by atoms with Crippen LogP contribution in [0.5, 0.6) is 5.75 Å². The summed E-state index contributed by atoms with van der Waals surface area (Å²) >= 11 is 0. The largest absolute Gasteiger partial charge is 0.496 e. The van der Waals surface area contributed by atoms with E-state index in [1.165, 1.54) is 0 Å². The number of benzene rings is 1. The van der Waals surface area contributed by atoms with Gasteiger partial charge in [-0.1, -0.05) is 12.1 Å². The molecule has 1 rings (SSSR count). The van der Waals surface area contributed by atoms with E-state index in [-0.39, 0.29) is 6.42 Å². The molecule has 0 heterocycles. The van der Waals surface area contributed by atoms with Gasteiger partial charge in [0.2, 0.25) is 0 Å². The molecule has 0 unspecified atom stereocenters. The van der Waals surface area contributed by atoms with E-state index in [0.29, 0.717) is 5.75 Å². The van der Waals surface area contributed by atoms with Crippen molar-refractivity contribution < 1.29 is 24.2 Å². The smallest absolute Gasteiger partial charge is 0.408 e. The van der Waals surface area contributed by atoms with Crippen LogP contribution in [0.15, 0.2) is 18.2 Å². The van der Waals surface area contributed by atoms with Crippen molar-refractivity contribution in [2.24, 2.45) is 0 Å². The molecule has 1 aromatic rings. The van der Waals surface area contributed by atoms with Gasteiger partial charge in [-0.05, 0) is 44.9 Å². The van der Waals surface area contributed by atoms with Gasteiger partial charge >= 0.3 is 12.1 Å². The lowest BCUT2D eigenvalue weighted by atomic mass is 10.0. The zero-order valence-corrected chi connectivity index (χ0v) is 13.6. The summed E-state index contributed by atoms with van der Waals surface area (Å²) in [5.41, 5.74) is 1.03. The van der Waals surface area contributed by atoms with Crippen molar-refractivity contribution in [1.29, 1.82) is 0 Å². The van der Waals surface area contributed by atoms with Crippen molar-refractivity contribution in [2.45, 2.75) is 45.8 Å². The average Bonchev–Trinajstić information content (AvgIpc) is 2.37. The molecule has 1 aromatic carbocycles. The number of aliphatic carboxylic acids is 1. The number of methoxy groups -OCH3 is 1. The number of carbonyl (C=O) groups is 2. The molecule has 0 radical (unpaired) electrons. The Morgan fingerprint density at radius 1 is 1.32 bits per heavy atom. The molecular weight excluding hydrogens is 286 g/mol. The van der Waals surface area contributed by atoms with E-state index in [9.17, 15) is 14.7 Å². The number of nitrogens with one attached hydrogen (secondary N) is 1. The Bertz CT molecular complexity index is 548. The summed E-state index contributed by atoms with van der Waals surface area (Å²) in [6.45, 7) is 7.05. The highest BCUT2D eigenvalue weighted by atomic mass is 16.6. The van der Waals surface area contributed by atoms with E-state index in [0.717, 1.165) is 11.1 Å². The van der Waals surface area contributed by atoms with Gasteiger partial charge in [0, 0.05) is 6.42 Å². The van der Waals surface area contributed by atoms with Gasteiger partial charge in [-0.3, -0.25) is 0 Å². The first-order chi connectivity index (χ1) is 10.1. The second-order valence-electron chi connectivity index (χ2n) is 6.05. The van der Waals surface area contributed by atoms with Crippen molar-refractivity contribution in [3.05, 3.63) is 29.3 Å². The maximum Gasteiger partial charge on any atom is 0.408 e. The SMILES string of the molecule is COc1cc(C[C@@H](NC(=O)OC(C)(C)C)C(=O)O)ccc1C. The van der Waals surface area contributed by atoms with Crippen LogP contribution in [0.4, 0.5) is 4.79 Å². The normalized spacial score (nSPS) is 12.4. The van der Waals surface area contributed by atoms with Gasteiger partial charge in [-0.25, -0.2) is 9.59 Å². The molecule has 2 N–H and O–H groups in total. The predicted octanol–water partition coefficient (Wildman–Crippen LogP) is 2.52. The van der Waals surface area contributed by atoms with Crippen molar-refractivity contribution in [2.75, 3.05) is 7.11 Å². The number of hydrogen-bond acceptors (Lipinski definition) is 4. The molecule has 0 aliphatic rings. The number of amides is 1.